The predicted molar refractivity (Wildman–Crippen MR) is 114 cm³/mol. The molecular weight excluding hydrogens is 360 g/mol. The third-order valence-corrected chi connectivity index (χ3v) is 7.57. The Morgan fingerprint density at radius 1 is 1.10 bits per heavy atom. The van der Waals surface area contributed by atoms with Crippen LogP contribution in [-0.4, -0.2) is 38.5 Å². The molecule has 1 amide bonds. The summed E-state index contributed by atoms with van der Waals surface area (Å²) in [6.45, 7) is 6.11. The lowest BCUT2D eigenvalue weighted by Crippen LogP contribution is -2.32. The van der Waals surface area contributed by atoms with Gasteiger partial charge in [0.05, 0.1) is 0 Å². The lowest BCUT2D eigenvalue weighted by Gasteiger charge is -2.21. The van der Waals surface area contributed by atoms with Crippen molar-refractivity contribution in [3.63, 3.8) is 0 Å². The second kappa shape index (κ2) is 7.73. The van der Waals surface area contributed by atoms with Crippen molar-refractivity contribution in [1.82, 2.24) is 19.5 Å². The number of carbonyl (C=O) groups excluding carboxylic acids is 1. The molecule has 1 saturated heterocycles. The quantitative estimate of drug-likeness (QED) is 0.745. The molecule has 2 saturated carbocycles. The van der Waals surface area contributed by atoms with Gasteiger partial charge in [0.1, 0.15) is 0 Å². The molecule has 0 N–H and O–H groups in total. The van der Waals surface area contributed by atoms with E-state index >= 15 is 0 Å². The predicted octanol–water partition coefficient (Wildman–Crippen LogP) is 4.85. The van der Waals surface area contributed by atoms with Gasteiger partial charge in [-0.1, -0.05) is 33.1 Å². The minimum absolute atomic E-state index is 0.0711. The molecule has 156 valence electrons. The van der Waals surface area contributed by atoms with Crippen molar-refractivity contribution >= 4 is 11.6 Å². The molecule has 3 unspecified atom stereocenters. The van der Waals surface area contributed by atoms with Crippen LogP contribution in [0, 0.1) is 17.8 Å². The Balaban J connectivity index is 1.44. The van der Waals surface area contributed by atoms with E-state index in [1.54, 1.807) is 0 Å². The van der Waals surface area contributed by atoms with Crippen molar-refractivity contribution in [3.8, 4) is 0 Å². The zero-order chi connectivity index (χ0) is 20.0. The molecule has 3 atom stereocenters. The Bertz CT molecular complexity index is 894. The van der Waals surface area contributed by atoms with Gasteiger partial charge in [0.15, 0.2) is 11.3 Å². The number of nitrogens with zero attached hydrogens (tertiary/aromatic N) is 4. The fraction of sp³-hybridized carbons (Fsp3) is 0.708. The summed E-state index contributed by atoms with van der Waals surface area (Å²) in [5, 5.41) is 4.71. The average molecular weight is 395 g/mol. The molecule has 2 aliphatic carbocycles. The molecule has 2 aromatic rings. The number of amides is 1. The fourth-order valence-electron chi connectivity index (χ4n) is 6.00. The van der Waals surface area contributed by atoms with E-state index in [9.17, 15) is 4.79 Å². The van der Waals surface area contributed by atoms with E-state index in [2.05, 4.69) is 19.9 Å². The van der Waals surface area contributed by atoms with Crippen LogP contribution >= 0.6 is 0 Å². The van der Waals surface area contributed by atoms with Crippen LogP contribution in [0.5, 0.6) is 0 Å². The maximum atomic E-state index is 13.1. The highest BCUT2D eigenvalue weighted by molar-refractivity contribution is 5.93. The van der Waals surface area contributed by atoms with E-state index in [4.69, 9.17) is 10.1 Å². The Kier molecular flexibility index (Phi) is 5.09. The number of rotatable bonds is 4. The minimum Gasteiger partial charge on any atom is -0.337 e. The average Bonchev–Trinajstić information content (AvgIpc) is 3.37. The molecule has 0 aromatic carbocycles. The van der Waals surface area contributed by atoms with Gasteiger partial charge in [0, 0.05) is 30.5 Å². The summed E-state index contributed by atoms with van der Waals surface area (Å²) in [7, 11) is 0. The van der Waals surface area contributed by atoms with Crippen LogP contribution in [0.3, 0.4) is 0 Å². The van der Waals surface area contributed by atoms with Gasteiger partial charge in [-0.15, -0.1) is 0 Å². The number of fused-ring (bicyclic) bond motifs is 3. The van der Waals surface area contributed by atoms with Gasteiger partial charge in [-0.2, -0.15) is 5.10 Å². The third-order valence-electron chi connectivity index (χ3n) is 7.57. The number of carbonyl (C=O) groups is 1. The molecule has 3 fully saturated rings. The van der Waals surface area contributed by atoms with Crippen molar-refractivity contribution in [3.05, 3.63) is 29.2 Å². The largest absolute Gasteiger partial charge is 0.337 e. The standard InChI is InChI=1S/C24H34N4O/c1-16(2)22-14-20(13-19-12-17-7-8-18(19)11-17)25-23-15-21(26-28(22)23)24(29)27-9-5-3-4-6-10-27/h14-19H,3-13H2,1-2H3. The Morgan fingerprint density at radius 3 is 2.55 bits per heavy atom. The van der Waals surface area contributed by atoms with Gasteiger partial charge < -0.3 is 4.90 Å². The molecule has 29 heavy (non-hydrogen) atoms. The van der Waals surface area contributed by atoms with Crippen molar-refractivity contribution in [2.75, 3.05) is 13.1 Å². The smallest absolute Gasteiger partial charge is 0.274 e. The van der Waals surface area contributed by atoms with Gasteiger partial charge in [-0.25, -0.2) is 9.50 Å². The van der Waals surface area contributed by atoms with E-state index in [1.165, 1.54) is 49.9 Å². The van der Waals surface area contributed by atoms with Crippen LogP contribution in [-0.2, 0) is 6.42 Å². The van der Waals surface area contributed by atoms with E-state index in [-0.39, 0.29) is 5.91 Å². The monoisotopic (exact) mass is 394 g/mol. The van der Waals surface area contributed by atoms with Gasteiger partial charge >= 0.3 is 0 Å². The summed E-state index contributed by atoms with van der Waals surface area (Å²) in [5.41, 5.74) is 3.75. The first kappa shape index (κ1) is 19.1. The number of hydrogen-bond donors (Lipinski definition) is 0. The Morgan fingerprint density at radius 2 is 1.90 bits per heavy atom. The summed E-state index contributed by atoms with van der Waals surface area (Å²) < 4.78 is 1.92. The lowest BCUT2D eigenvalue weighted by molar-refractivity contribution is 0.0755. The van der Waals surface area contributed by atoms with Gasteiger partial charge in [-0.3, -0.25) is 4.79 Å². The molecule has 2 aromatic heterocycles. The molecule has 3 heterocycles. The topological polar surface area (TPSA) is 50.5 Å². The minimum atomic E-state index is 0.0711. The first-order valence-electron chi connectivity index (χ1n) is 11.8. The van der Waals surface area contributed by atoms with Gasteiger partial charge in [0.25, 0.3) is 5.91 Å². The van der Waals surface area contributed by atoms with E-state index < -0.39 is 0 Å². The maximum Gasteiger partial charge on any atom is 0.274 e. The summed E-state index contributed by atoms with van der Waals surface area (Å²) in [4.78, 5) is 20.0. The first-order valence-corrected chi connectivity index (χ1v) is 11.8. The molecule has 1 aliphatic heterocycles. The summed E-state index contributed by atoms with van der Waals surface area (Å²) in [6, 6.07) is 4.17. The number of aromatic nitrogens is 3. The van der Waals surface area contributed by atoms with Crippen molar-refractivity contribution in [2.24, 2.45) is 17.8 Å². The number of likely N-dealkylation sites (tertiary alicyclic amines) is 1. The van der Waals surface area contributed by atoms with Gasteiger partial charge in [-0.05, 0) is 68.3 Å². The second-order valence-corrected chi connectivity index (χ2v) is 9.97. The Hall–Kier alpha value is -1.91. The summed E-state index contributed by atoms with van der Waals surface area (Å²) in [5.74, 6) is 3.09. The molecule has 0 radical (unpaired) electrons. The molecule has 5 rings (SSSR count). The van der Waals surface area contributed by atoms with Crippen molar-refractivity contribution in [1.29, 1.82) is 0 Å². The van der Waals surface area contributed by atoms with Crippen LogP contribution < -0.4 is 0 Å². The SMILES string of the molecule is CC(C)c1cc(CC2CC3CCC2C3)nc2cc(C(=O)N3CCCCCC3)nn12. The van der Waals surface area contributed by atoms with Crippen molar-refractivity contribution in [2.45, 2.75) is 77.6 Å². The zero-order valence-corrected chi connectivity index (χ0v) is 17.9. The normalized spacial score (nSPS) is 27.1. The number of hydrogen-bond acceptors (Lipinski definition) is 3. The lowest BCUT2D eigenvalue weighted by atomic mass is 9.85. The highest BCUT2D eigenvalue weighted by atomic mass is 16.2. The van der Waals surface area contributed by atoms with E-state index in [1.807, 2.05) is 15.5 Å². The highest BCUT2D eigenvalue weighted by Gasteiger charge is 2.39. The fourth-order valence-corrected chi connectivity index (χ4v) is 6.00. The highest BCUT2D eigenvalue weighted by Crippen LogP contribution is 2.49. The molecule has 3 aliphatic rings. The molecular formula is C24H34N4O. The first-order chi connectivity index (χ1) is 14.1. The maximum absolute atomic E-state index is 13.1. The van der Waals surface area contributed by atoms with Crippen LogP contribution in [0.1, 0.15) is 93.0 Å². The second-order valence-electron chi connectivity index (χ2n) is 9.97. The summed E-state index contributed by atoms with van der Waals surface area (Å²) in [6.07, 6.45) is 11.4. The van der Waals surface area contributed by atoms with Crippen LogP contribution in [0.2, 0.25) is 0 Å². The molecule has 5 nitrogen and oxygen atoms in total. The van der Waals surface area contributed by atoms with E-state index in [0.29, 0.717) is 11.6 Å². The zero-order valence-electron chi connectivity index (χ0n) is 17.9. The van der Waals surface area contributed by atoms with E-state index in [0.717, 1.165) is 55.8 Å². The van der Waals surface area contributed by atoms with Crippen LogP contribution in [0.25, 0.3) is 5.65 Å². The van der Waals surface area contributed by atoms with Crippen LogP contribution in [0.15, 0.2) is 12.1 Å². The molecule has 0 spiro atoms. The molecule has 5 heteroatoms. The van der Waals surface area contributed by atoms with Crippen molar-refractivity contribution < 1.29 is 4.79 Å². The third kappa shape index (κ3) is 3.69. The van der Waals surface area contributed by atoms with Gasteiger partial charge in [0.2, 0.25) is 0 Å². The van der Waals surface area contributed by atoms with Crippen LogP contribution in [0.4, 0.5) is 0 Å². The Labute approximate surface area is 173 Å². The summed E-state index contributed by atoms with van der Waals surface area (Å²) >= 11 is 0. The molecule has 2 bridgehead atoms.